The highest BCUT2D eigenvalue weighted by Gasteiger charge is 2.30. The summed E-state index contributed by atoms with van der Waals surface area (Å²) in [5.74, 6) is 1.54. The Bertz CT molecular complexity index is 1440. The number of aromatic nitrogens is 3. The van der Waals surface area contributed by atoms with Crippen LogP contribution in [0.5, 0.6) is 5.75 Å². The van der Waals surface area contributed by atoms with Gasteiger partial charge in [-0.2, -0.15) is 11.8 Å². The number of halogens is 1. The van der Waals surface area contributed by atoms with E-state index in [9.17, 15) is 18.8 Å². The highest BCUT2D eigenvalue weighted by atomic mass is 32.2. The van der Waals surface area contributed by atoms with Crippen molar-refractivity contribution in [2.24, 2.45) is 5.73 Å². The third-order valence-corrected chi connectivity index (χ3v) is 8.66. The van der Waals surface area contributed by atoms with E-state index < -0.39 is 11.4 Å². The van der Waals surface area contributed by atoms with E-state index in [1.807, 2.05) is 17.8 Å². The zero-order valence-electron chi connectivity index (χ0n) is 21.8. The van der Waals surface area contributed by atoms with E-state index in [4.69, 9.17) is 10.5 Å². The third kappa shape index (κ3) is 5.89. The van der Waals surface area contributed by atoms with Gasteiger partial charge in [-0.3, -0.25) is 18.7 Å². The van der Waals surface area contributed by atoms with Crippen molar-refractivity contribution < 1.29 is 13.9 Å². The first-order valence-corrected chi connectivity index (χ1v) is 14.8. The molecule has 1 saturated heterocycles. The summed E-state index contributed by atoms with van der Waals surface area (Å²) in [6.45, 7) is 0.942. The van der Waals surface area contributed by atoms with E-state index in [0.29, 0.717) is 56.6 Å². The number of rotatable bonds is 8. The lowest BCUT2D eigenvalue weighted by atomic mass is 9.90. The molecule has 9 nitrogen and oxygen atoms in total. The summed E-state index contributed by atoms with van der Waals surface area (Å²) in [5, 5.41) is 3.22. The molecule has 3 heterocycles. The van der Waals surface area contributed by atoms with Crippen molar-refractivity contribution in [1.82, 2.24) is 19.4 Å². The average molecular weight is 556 g/mol. The molecule has 0 unspecified atom stereocenters. The summed E-state index contributed by atoms with van der Waals surface area (Å²) < 4.78 is 22.8. The van der Waals surface area contributed by atoms with Gasteiger partial charge in [-0.05, 0) is 81.2 Å². The SMILES string of the molecule is NCCCOc1ccccc1C(=O)NC1CCC(n2c(=O)c3cc(F)cnc3n(C3CCSCC3)c2=O)CC1. The maximum atomic E-state index is 14.1. The number of carbonyl (C=O) groups is 1. The molecule has 2 aromatic heterocycles. The molecule has 1 amide bonds. The number of benzene rings is 1. The maximum Gasteiger partial charge on any atom is 0.333 e. The first-order chi connectivity index (χ1) is 19.0. The Kier molecular flexibility index (Phi) is 8.66. The van der Waals surface area contributed by atoms with Crippen LogP contribution in [0.25, 0.3) is 11.0 Å². The normalized spacial score (nSPS) is 20.2. The van der Waals surface area contributed by atoms with E-state index in [1.165, 1.54) is 10.6 Å². The number of ether oxygens (including phenoxy) is 1. The van der Waals surface area contributed by atoms with Gasteiger partial charge in [-0.15, -0.1) is 0 Å². The van der Waals surface area contributed by atoms with Crippen molar-refractivity contribution in [3.8, 4) is 5.75 Å². The molecule has 1 aliphatic carbocycles. The number of carbonyl (C=O) groups excluding carboxylic acids is 1. The van der Waals surface area contributed by atoms with Gasteiger partial charge in [0.15, 0.2) is 0 Å². The minimum atomic E-state index is -0.603. The second-order valence-electron chi connectivity index (χ2n) is 10.2. The molecule has 0 bridgehead atoms. The van der Waals surface area contributed by atoms with E-state index in [0.717, 1.165) is 30.5 Å². The van der Waals surface area contributed by atoms with Gasteiger partial charge < -0.3 is 15.8 Å². The second kappa shape index (κ2) is 12.3. The lowest BCUT2D eigenvalue weighted by Crippen LogP contribution is -2.46. The van der Waals surface area contributed by atoms with Crippen LogP contribution < -0.4 is 27.0 Å². The minimum absolute atomic E-state index is 0.0752. The number of nitrogens with zero attached hydrogens (tertiary/aromatic N) is 3. The Balaban J connectivity index is 1.35. The number of para-hydroxylation sites is 1. The van der Waals surface area contributed by atoms with Gasteiger partial charge in [0.2, 0.25) is 0 Å². The fourth-order valence-electron chi connectivity index (χ4n) is 5.59. The van der Waals surface area contributed by atoms with Crippen molar-refractivity contribution in [1.29, 1.82) is 0 Å². The van der Waals surface area contributed by atoms with Gasteiger partial charge in [0.1, 0.15) is 17.2 Å². The summed E-state index contributed by atoms with van der Waals surface area (Å²) in [6.07, 6.45) is 5.66. The Labute approximate surface area is 229 Å². The zero-order valence-corrected chi connectivity index (χ0v) is 22.6. The number of nitrogens with one attached hydrogen (secondary N) is 1. The number of amides is 1. The average Bonchev–Trinajstić information content (AvgIpc) is 2.95. The zero-order chi connectivity index (χ0) is 27.4. The minimum Gasteiger partial charge on any atom is -0.493 e. The molecule has 0 atom stereocenters. The van der Waals surface area contributed by atoms with Crippen LogP contribution in [0.3, 0.4) is 0 Å². The molecule has 3 N–H and O–H groups in total. The predicted molar refractivity (Wildman–Crippen MR) is 150 cm³/mol. The van der Waals surface area contributed by atoms with Crippen LogP contribution >= 0.6 is 11.8 Å². The Morgan fingerprint density at radius 2 is 1.79 bits per heavy atom. The Hall–Kier alpha value is -3.18. The van der Waals surface area contributed by atoms with Crippen molar-refractivity contribution >= 4 is 28.7 Å². The van der Waals surface area contributed by atoms with Crippen LogP contribution in [0.15, 0.2) is 46.1 Å². The molecular weight excluding hydrogens is 521 g/mol. The second-order valence-corrected chi connectivity index (χ2v) is 11.4. The fraction of sp³-hybridized carbons (Fsp3) is 0.500. The molecule has 1 saturated carbocycles. The van der Waals surface area contributed by atoms with Crippen LogP contribution in [0.2, 0.25) is 0 Å². The van der Waals surface area contributed by atoms with Gasteiger partial charge in [-0.25, -0.2) is 14.2 Å². The van der Waals surface area contributed by atoms with Crippen LogP contribution in [-0.4, -0.2) is 50.7 Å². The topological polar surface area (TPSA) is 121 Å². The molecule has 39 heavy (non-hydrogen) atoms. The first-order valence-electron chi connectivity index (χ1n) is 13.6. The number of fused-ring (bicyclic) bond motifs is 1. The van der Waals surface area contributed by atoms with Crippen LogP contribution in [0.4, 0.5) is 4.39 Å². The van der Waals surface area contributed by atoms with Crippen molar-refractivity contribution in [3.63, 3.8) is 0 Å². The standard InChI is InChI=1S/C28H34FN5O4S/c29-18-16-23-25(31-17-18)33(21-10-14-39-15-11-21)28(37)34(27(23)36)20-8-6-19(7-9-20)32-26(35)22-4-1-2-5-24(22)38-13-3-12-30/h1-2,4-5,16-17,19-21H,3,6-15,30H2,(H,32,35). The largest absolute Gasteiger partial charge is 0.493 e. The van der Waals surface area contributed by atoms with Crippen molar-refractivity contribution in [3.05, 3.63) is 68.7 Å². The quantitative estimate of drug-likeness (QED) is 0.409. The van der Waals surface area contributed by atoms with Crippen LogP contribution in [0.1, 0.15) is 67.4 Å². The monoisotopic (exact) mass is 555 g/mol. The summed E-state index contributed by atoms with van der Waals surface area (Å²) in [7, 11) is 0. The molecule has 208 valence electrons. The number of hydrogen-bond donors (Lipinski definition) is 2. The molecule has 2 aliphatic rings. The molecule has 0 spiro atoms. The molecule has 11 heteroatoms. The number of thioether (sulfide) groups is 1. The van der Waals surface area contributed by atoms with Crippen molar-refractivity contribution in [2.45, 2.75) is 63.1 Å². The molecule has 2 fully saturated rings. The fourth-order valence-corrected chi connectivity index (χ4v) is 6.67. The van der Waals surface area contributed by atoms with Crippen LogP contribution in [0, 0.1) is 5.82 Å². The molecule has 1 aliphatic heterocycles. The summed E-state index contributed by atoms with van der Waals surface area (Å²) in [5.41, 5.74) is 5.39. The molecular formula is C28H34FN5O4S. The van der Waals surface area contributed by atoms with Gasteiger partial charge in [0, 0.05) is 18.1 Å². The van der Waals surface area contributed by atoms with E-state index in [1.54, 1.807) is 22.8 Å². The summed E-state index contributed by atoms with van der Waals surface area (Å²) >= 11 is 1.84. The molecule has 1 aromatic carbocycles. The highest BCUT2D eigenvalue weighted by Crippen LogP contribution is 2.30. The summed E-state index contributed by atoms with van der Waals surface area (Å²) in [6, 6.07) is 7.79. The van der Waals surface area contributed by atoms with Gasteiger partial charge in [0.05, 0.1) is 23.8 Å². The molecule has 5 rings (SSSR count). The van der Waals surface area contributed by atoms with Gasteiger partial charge in [-0.1, -0.05) is 12.1 Å². The van der Waals surface area contributed by atoms with E-state index >= 15 is 0 Å². The lowest BCUT2D eigenvalue weighted by molar-refractivity contribution is 0.0917. The lowest BCUT2D eigenvalue weighted by Gasteiger charge is -2.31. The summed E-state index contributed by atoms with van der Waals surface area (Å²) in [4.78, 5) is 44.5. The van der Waals surface area contributed by atoms with Crippen molar-refractivity contribution in [2.75, 3.05) is 24.7 Å². The highest BCUT2D eigenvalue weighted by molar-refractivity contribution is 7.99. The number of nitrogens with two attached hydrogens (primary N) is 1. The van der Waals surface area contributed by atoms with Gasteiger partial charge >= 0.3 is 5.69 Å². The third-order valence-electron chi connectivity index (χ3n) is 7.61. The smallest absolute Gasteiger partial charge is 0.333 e. The Morgan fingerprint density at radius 3 is 2.54 bits per heavy atom. The Morgan fingerprint density at radius 1 is 1.08 bits per heavy atom. The molecule has 3 aromatic rings. The number of pyridine rings is 1. The predicted octanol–water partition coefficient (Wildman–Crippen LogP) is 3.41. The first kappa shape index (κ1) is 27.4. The maximum absolute atomic E-state index is 14.1. The van der Waals surface area contributed by atoms with E-state index in [-0.39, 0.29) is 40.8 Å². The van der Waals surface area contributed by atoms with Gasteiger partial charge in [0.25, 0.3) is 11.5 Å². The molecule has 0 radical (unpaired) electrons. The van der Waals surface area contributed by atoms with Crippen LogP contribution in [-0.2, 0) is 0 Å². The van der Waals surface area contributed by atoms with E-state index in [2.05, 4.69) is 10.3 Å². The number of hydrogen-bond acceptors (Lipinski definition) is 7.